The van der Waals surface area contributed by atoms with Crippen molar-refractivity contribution in [3.63, 3.8) is 0 Å². The quantitative estimate of drug-likeness (QED) is 0.418. The molecule has 1 aromatic rings. The molecular weight excluding hydrogens is 380 g/mol. The maximum Gasteiger partial charge on any atom is 0.222 e. The third-order valence-corrected chi connectivity index (χ3v) is 6.54. The van der Waals surface area contributed by atoms with Gasteiger partial charge in [0.15, 0.2) is 5.96 Å². The van der Waals surface area contributed by atoms with Crippen LogP contribution in [0.2, 0.25) is 0 Å². The second-order valence-electron chi connectivity index (χ2n) is 8.55. The second kappa shape index (κ2) is 10.6. The molecule has 4 N–H and O–H groups in total. The highest BCUT2D eigenvalue weighted by Crippen LogP contribution is 2.43. The predicted octanol–water partition coefficient (Wildman–Crippen LogP) is 1.66. The van der Waals surface area contributed by atoms with E-state index in [0.29, 0.717) is 18.5 Å². The van der Waals surface area contributed by atoms with Crippen LogP contribution >= 0.6 is 0 Å². The van der Waals surface area contributed by atoms with E-state index in [1.54, 1.807) is 20.4 Å². The molecule has 166 valence electrons. The van der Waals surface area contributed by atoms with Gasteiger partial charge >= 0.3 is 0 Å². The molecule has 1 aliphatic carbocycles. The van der Waals surface area contributed by atoms with Gasteiger partial charge < -0.3 is 26.0 Å². The molecule has 2 heterocycles. The Bertz CT molecular complexity index is 734. The second-order valence-corrected chi connectivity index (χ2v) is 8.55. The molecule has 2 aliphatic rings. The van der Waals surface area contributed by atoms with E-state index in [4.69, 9.17) is 10.5 Å². The fourth-order valence-electron chi connectivity index (χ4n) is 4.44. The first kappa shape index (κ1) is 22.3. The highest BCUT2D eigenvalue weighted by Gasteiger charge is 2.36. The van der Waals surface area contributed by atoms with Crippen molar-refractivity contribution in [3.8, 4) is 0 Å². The number of nitrogens with zero attached hydrogens (tertiary/aromatic N) is 3. The Balaban J connectivity index is 1.58. The predicted molar refractivity (Wildman–Crippen MR) is 119 cm³/mol. The maximum absolute atomic E-state index is 11.6. The number of rotatable bonds is 9. The molecule has 30 heavy (non-hydrogen) atoms. The molecule has 3 rings (SSSR count). The first-order chi connectivity index (χ1) is 14.6. The van der Waals surface area contributed by atoms with E-state index in [9.17, 15) is 4.79 Å². The normalized spacial score (nSPS) is 21.1. The summed E-state index contributed by atoms with van der Waals surface area (Å²) < 4.78 is 5.29. The lowest BCUT2D eigenvalue weighted by Crippen LogP contribution is -2.47. The average molecular weight is 417 g/mol. The molecule has 1 amide bonds. The van der Waals surface area contributed by atoms with Gasteiger partial charge in [-0.05, 0) is 43.6 Å². The van der Waals surface area contributed by atoms with E-state index in [-0.39, 0.29) is 11.8 Å². The molecule has 1 saturated heterocycles. The van der Waals surface area contributed by atoms with Gasteiger partial charge in [-0.2, -0.15) is 0 Å². The van der Waals surface area contributed by atoms with E-state index >= 15 is 0 Å². The summed E-state index contributed by atoms with van der Waals surface area (Å²) in [6, 6.07) is 4.02. The molecule has 0 spiro atoms. The number of nitrogens with two attached hydrogens (primary N) is 1. The zero-order valence-corrected chi connectivity index (χ0v) is 18.3. The van der Waals surface area contributed by atoms with Gasteiger partial charge in [-0.15, -0.1) is 0 Å². The zero-order chi connectivity index (χ0) is 21.4. The fraction of sp³-hybridized carbons (Fsp3) is 0.682. The monoisotopic (exact) mass is 416 g/mol. The summed E-state index contributed by atoms with van der Waals surface area (Å²) >= 11 is 0. The lowest BCUT2D eigenvalue weighted by molar-refractivity contribution is -0.122. The number of aromatic nitrogens is 1. The van der Waals surface area contributed by atoms with Gasteiger partial charge in [-0.25, -0.2) is 4.98 Å². The van der Waals surface area contributed by atoms with Crippen molar-refractivity contribution >= 4 is 17.7 Å². The number of methoxy groups -OCH3 is 1. The summed E-state index contributed by atoms with van der Waals surface area (Å²) in [5.74, 6) is 1.38. The number of nitrogens with one attached hydrogen (secondary N) is 2. The molecule has 0 radical (unpaired) electrons. The van der Waals surface area contributed by atoms with Gasteiger partial charge in [0.05, 0.1) is 5.92 Å². The fourth-order valence-corrected chi connectivity index (χ4v) is 4.44. The minimum absolute atomic E-state index is 0.109. The van der Waals surface area contributed by atoms with Crippen molar-refractivity contribution in [3.05, 3.63) is 23.9 Å². The van der Waals surface area contributed by atoms with E-state index in [0.717, 1.165) is 56.3 Å². The first-order valence-corrected chi connectivity index (χ1v) is 11.0. The molecule has 1 aliphatic heterocycles. The topological polar surface area (TPSA) is 105 Å². The van der Waals surface area contributed by atoms with Gasteiger partial charge in [-0.3, -0.25) is 9.79 Å². The molecule has 0 bridgehead atoms. The molecule has 1 saturated carbocycles. The zero-order valence-electron chi connectivity index (χ0n) is 18.3. The maximum atomic E-state index is 11.6. The van der Waals surface area contributed by atoms with E-state index in [1.807, 2.05) is 6.07 Å². The Labute approximate surface area is 179 Å². The van der Waals surface area contributed by atoms with Crippen molar-refractivity contribution in [2.24, 2.45) is 22.1 Å². The van der Waals surface area contributed by atoms with Crippen LogP contribution < -0.4 is 21.3 Å². The van der Waals surface area contributed by atoms with Crippen LogP contribution in [-0.2, 0) is 16.1 Å². The minimum Gasteiger partial charge on any atom is -0.385 e. The molecule has 8 nitrogen and oxygen atoms in total. The minimum atomic E-state index is -0.224. The van der Waals surface area contributed by atoms with E-state index in [2.05, 4.69) is 31.6 Å². The Morgan fingerprint density at radius 3 is 2.90 bits per heavy atom. The van der Waals surface area contributed by atoms with Crippen LogP contribution in [-0.4, -0.2) is 57.2 Å². The number of carbonyl (C=O) groups excluding carboxylic acids is 1. The summed E-state index contributed by atoms with van der Waals surface area (Å²) in [5.41, 5.74) is 6.96. The molecule has 1 atom stereocenters. The highest BCUT2D eigenvalue weighted by atomic mass is 16.5. The Morgan fingerprint density at radius 1 is 1.40 bits per heavy atom. The number of anilines is 1. The van der Waals surface area contributed by atoms with Crippen LogP contribution in [0.5, 0.6) is 0 Å². The number of amides is 1. The standard InChI is InChI=1S/C22H36N6O2/c1-24-21(27-16-22(8-5-9-22)10-13-30-2)26-14-17-6-3-11-25-20(17)28-12-4-7-18(15-28)19(23)29/h3,6,11,18H,4-5,7-10,12-16H2,1-2H3,(H2,23,29)(H2,24,26,27). The number of aliphatic imine (C=N–C) groups is 1. The number of ether oxygens (including phenoxy) is 1. The van der Waals surface area contributed by atoms with E-state index < -0.39 is 0 Å². The number of guanidine groups is 1. The van der Waals surface area contributed by atoms with Gasteiger partial charge in [0.25, 0.3) is 0 Å². The van der Waals surface area contributed by atoms with Crippen molar-refractivity contribution in [1.29, 1.82) is 0 Å². The van der Waals surface area contributed by atoms with Gasteiger partial charge in [0, 0.05) is 58.7 Å². The summed E-state index contributed by atoms with van der Waals surface area (Å²) in [6.07, 6.45) is 8.45. The van der Waals surface area contributed by atoms with Gasteiger partial charge in [-0.1, -0.05) is 12.5 Å². The number of hydrogen-bond acceptors (Lipinski definition) is 5. The summed E-state index contributed by atoms with van der Waals surface area (Å²) in [7, 11) is 3.56. The molecule has 8 heteroatoms. The number of pyridine rings is 1. The van der Waals surface area contributed by atoms with Gasteiger partial charge in [0.2, 0.25) is 5.91 Å². The molecule has 1 aromatic heterocycles. The van der Waals surface area contributed by atoms with Crippen molar-refractivity contribution < 1.29 is 9.53 Å². The number of hydrogen-bond donors (Lipinski definition) is 3. The van der Waals surface area contributed by atoms with Crippen molar-refractivity contribution in [1.82, 2.24) is 15.6 Å². The third-order valence-electron chi connectivity index (χ3n) is 6.54. The van der Waals surface area contributed by atoms with Crippen LogP contribution in [0.4, 0.5) is 5.82 Å². The first-order valence-electron chi connectivity index (χ1n) is 11.0. The van der Waals surface area contributed by atoms with Crippen LogP contribution in [0.15, 0.2) is 23.3 Å². The summed E-state index contributed by atoms with van der Waals surface area (Å²) in [5, 5.41) is 6.93. The summed E-state index contributed by atoms with van der Waals surface area (Å²) in [6.45, 7) is 3.85. The smallest absolute Gasteiger partial charge is 0.222 e. The largest absolute Gasteiger partial charge is 0.385 e. The van der Waals surface area contributed by atoms with Crippen LogP contribution in [0.1, 0.15) is 44.1 Å². The lowest BCUT2D eigenvalue weighted by atomic mass is 9.67. The van der Waals surface area contributed by atoms with Gasteiger partial charge in [0.1, 0.15) is 5.82 Å². The Morgan fingerprint density at radius 2 is 2.23 bits per heavy atom. The number of primary amides is 1. The lowest BCUT2D eigenvalue weighted by Gasteiger charge is -2.42. The molecule has 0 aromatic carbocycles. The highest BCUT2D eigenvalue weighted by molar-refractivity contribution is 5.80. The van der Waals surface area contributed by atoms with E-state index in [1.165, 1.54) is 19.3 Å². The Hall–Kier alpha value is -2.35. The molecular formula is C22H36N6O2. The van der Waals surface area contributed by atoms with Crippen LogP contribution in [0.3, 0.4) is 0 Å². The average Bonchev–Trinajstić information content (AvgIpc) is 2.75. The Kier molecular flexibility index (Phi) is 7.90. The van der Waals surface area contributed by atoms with Crippen molar-refractivity contribution in [2.75, 3.05) is 45.3 Å². The van der Waals surface area contributed by atoms with Crippen LogP contribution in [0, 0.1) is 11.3 Å². The third kappa shape index (κ3) is 5.62. The van der Waals surface area contributed by atoms with Crippen LogP contribution in [0.25, 0.3) is 0 Å². The summed E-state index contributed by atoms with van der Waals surface area (Å²) in [4.78, 5) is 22.8. The molecule has 1 unspecified atom stereocenters. The van der Waals surface area contributed by atoms with Crippen molar-refractivity contribution in [2.45, 2.75) is 45.1 Å². The number of piperidine rings is 1. The SMILES string of the molecule is CN=C(NCc1cccnc1N1CCCC(C(N)=O)C1)NCC1(CCOC)CCC1. The number of carbonyl (C=O) groups is 1. The molecule has 2 fully saturated rings.